The summed E-state index contributed by atoms with van der Waals surface area (Å²) >= 11 is 0. The van der Waals surface area contributed by atoms with Gasteiger partial charge >= 0.3 is 0 Å². The Hall–Kier alpha value is -1.83. The summed E-state index contributed by atoms with van der Waals surface area (Å²) in [5, 5.41) is 0. The van der Waals surface area contributed by atoms with Crippen LogP contribution in [0.25, 0.3) is 12.2 Å². The predicted molar refractivity (Wildman–Crippen MR) is 63.5 cm³/mol. The summed E-state index contributed by atoms with van der Waals surface area (Å²) < 4.78 is 18.2. The molecule has 16 heavy (non-hydrogen) atoms. The molecular formula is C14H13FO. The number of furan rings is 1. The van der Waals surface area contributed by atoms with Crippen LogP contribution in [0.3, 0.4) is 0 Å². The van der Waals surface area contributed by atoms with E-state index in [9.17, 15) is 4.39 Å². The number of hydrogen-bond donors (Lipinski definition) is 0. The lowest BCUT2D eigenvalue weighted by atomic mass is 10.2. The summed E-state index contributed by atoms with van der Waals surface area (Å²) in [4.78, 5) is 0. The fourth-order valence-electron chi connectivity index (χ4n) is 1.44. The second kappa shape index (κ2) is 4.35. The van der Waals surface area contributed by atoms with E-state index in [1.54, 1.807) is 12.1 Å². The first kappa shape index (κ1) is 10.7. The molecule has 2 aromatic rings. The first-order valence-electron chi connectivity index (χ1n) is 5.16. The van der Waals surface area contributed by atoms with Crippen LogP contribution in [0, 0.1) is 19.7 Å². The van der Waals surface area contributed by atoms with Crippen LogP contribution in [0.5, 0.6) is 0 Å². The molecule has 0 aliphatic heterocycles. The van der Waals surface area contributed by atoms with E-state index in [0.29, 0.717) is 0 Å². The van der Waals surface area contributed by atoms with Crippen molar-refractivity contribution in [3.63, 3.8) is 0 Å². The number of benzene rings is 1. The number of halogens is 1. The van der Waals surface area contributed by atoms with Gasteiger partial charge in [0.05, 0.1) is 0 Å². The van der Waals surface area contributed by atoms with Crippen molar-refractivity contribution in [3.8, 4) is 0 Å². The minimum Gasteiger partial charge on any atom is -0.462 e. The van der Waals surface area contributed by atoms with Crippen LogP contribution in [-0.2, 0) is 0 Å². The Labute approximate surface area is 94.2 Å². The average Bonchev–Trinajstić information content (AvgIpc) is 2.58. The second-order valence-corrected chi connectivity index (χ2v) is 3.77. The Morgan fingerprint density at radius 3 is 2.31 bits per heavy atom. The van der Waals surface area contributed by atoms with Crippen molar-refractivity contribution in [2.24, 2.45) is 0 Å². The molecule has 0 amide bonds. The van der Waals surface area contributed by atoms with Crippen LogP contribution in [0.15, 0.2) is 34.7 Å². The molecule has 0 unspecified atom stereocenters. The Bertz CT molecular complexity index is 487. The van der Waals surface area contributed by atoms with Crippen LogP contribution in [0.2, 0.25) is 0 Å². The molecular weight excluding hydrogens is 203 g/mol. The van der Waals surface area contributed by atoms with Gasteiger partial charge in [0, 0.05) is 0 Å². The normalized spacial score (nSPS) is 11.2. The molecule has 0 saturated carbocycles. The quantitative estimate of drug-likeness (QED) is 0.733. The van der Waals surface area contributed by atoms with Gasteiger partial charge in [-0.1, -0.05) is 18.2 Å². The van der Waals surface area contributed by atoms with Gasteiger partial charge in [0.15, 0.2) is 0 Å². The van der Waals surface area contributed by atoms with Gasteiger partial charge in [-0.15, -0.1) is 0 Å². The standard InChI is InChI=1S/C14H13FO/c1-10-9-14(16-11(10)2)8-5-12-3-6-13(15)7-4-12/h3-9H,1-2H3/b8-5+. The zero-order valence-electron chi connectivity index (χ0n) is 9.33. The smallest absolute Gasteiger partial charge is 0.127 e. The zero-order valence-corrected chi connectivity index (χ0v) is 9.33. The number of aryl methyl sites for hydroxylation is 2. The maximum Gasteiger partial charge on any atom is 0.127 e. The van der Waals surface area contributed by atoms with Crippen molar-refractivity contribution in [1.29, 1.82) is 0 Å². The van der Waals surface area contributed by atoms with E-state index in [1.807, 2.05) is 32.1 Å². The molecule has 0 fully saturated rings. The lowest BCUT2D eigenvalue weighted by Gasteiger charge is -1.91. The lowest BCUT2D eigenvalue weighted by molar-refractivity contribution is 0.523. The Morgan fingerprint density at radius 2 is 1.75 bits per heavy atom. The third-order valence-electron chi connectivity index (χ3n) is 2.50. The predicted octanol–water partition coefficient (Wildman–Crippen LogP) is 4.21. The summed E-state index contributed by atoms with van der Waals surface area (Å²) in [5.41, 5.74) is 2.09. The zero-order chi connectivity index (χ0) is 11.5. The van der Waals surface area contributed by atoms with Crippen LogP contribution >= 0.6 is 0 Å². The summed E-state index contributed by atoms with van der Waals surface area (Å²) in [7, 11) is 0. The van der Waals surface area contributed by atoms with Gasteiger partial charge in [-0.2, -0.15) is 0 Å². The second-order valence-electron chi connectivity index (χ2n) is 3.77. The van der Waals surface area contributed by atoms with Gasteiger partial charge in [-0.3, -0.25) is 0 Å². The first-order valence-corrected chi connectivity index (χ1v) is 5.16. The topological polar surface area (TPSA) is 13.1 Å². The lowest BCUT2D eigenvalue weighted by Crippen LogP contribution is -1.73. The van der Waals surface area contributed by atoms with Crippen LogP contribution < -0.4 is 0 Å². The third-order valence-corrected chi connectivity index (χ3v) is 2.50. The molecule has 82 valence electrons. The summed E-state index contributed by atoms with van der Waals surface area (Å²) in [6.45, 7) is 3.94. The van der Waals surface area contributed by atoms with Crippen molar-refractivity contribution in [3.05, 3.63) is 58.8 Å². The van der Waals surface area contributed by atoms with E-state index in [-0.39, 0.29) is 5.82 Å². The summed E-state index contributed by atoms with van der Waals surface area (Å²) in [6, 6.07) is 8.33. The SMILES string of the molecule is Cc1cc(/C=C/c2ccc(F)cc2)oc1C. The molecule has 1 aromatic heterocycles. The number of hydrogen-bond acceptors (Lipinski definition) is 1. The minimum absolute atomic E-state index is 0.221. The van der Waals surface area contributed by atoms with Gasteiger partial charge in [0.1, 0.15) is 17.3 Å². The van der Waals surface area contributed by atoms with Gasteiger partial charge in [0.2, 0.25) is 0 Å². The van der Waals surface area contributed by atoms with Crippen molar-refractivity contribution < 1.29 is 8.81 Å². The van der Waals surface area contributed by atoms with E-state index < -0.39 is 0 Å². The number of rotatable bonds is 2. The van der Waals surface area contributed by atoms with E-state index in [0.717, 1.165) is 22.6 Å². The average molecular weight is 216 g/mol. The third kappa shape index (κ3) is 2.40. The molecule has 0 saturated heterocycles. The van der Waals surface area contributed by atoms with Gasteiger partial charge in [-0.05, 0) is 49.2 Å². The molecule has 1 aromatic carbocycles. The molecule has 0 aliphatic rings. The summed E-state index contributed by atoms with van der Waals surface area (Å²) in [6.07, 6.45) is 3.78. The highest BCUT2D eigenvalue weighted by Gasteiger charge is 1.99. The maximum absolute atomic E-state index is 12.7. The molecule has 2 heteroatoms. The molecule has 1 nitrogen and oxygen atoms in total. The van der Waals surface area contributed by atoms with Crippen molar-refractivity contribution >= 4 is 12.2 Å². The highest BCUT2D eigenvalue weighted by atomic mass is 19.1. The van der Waals surface area contributed by atoms with E-state index in [4.69, 9.17) is 4.42 Å². The monoisotopic (exact) mass is 216 g/mol. The van der Waals surface area contributed by atoms with E-state index in [1.165, 1.54) is 12.1 Å². The molecule has 0 aliphatic carbocycles. The van der Waals surface area contributed by atoms with Crippen LogP contribution in [-0.4, -0.2) is 0 Å². The Morgan fingerprint density at radius 1 is 1.06 bits per heavy atom. The van der Waals surface area contributed by atoms with Crippen molar-refractivity contribution in [2.75, 3.05) is 0 Å². The van der Waals surface area contributed by atoms with E-state index in [2.05, 4.69) is 0 Å². The van der Waals surface area contributed by atoms with Crippen molar-refractivity contribution in [1.82, 2.24) is 0 Å². The molecule has 0 N–H and O–H groups in total. The molecule has 0 bridgehead atoms. The highest BCUT2D eigenvalue weighted by molar-refractivity contribution is 5.67. The van der Waals surface area contributed by atoms with Gasteiger partial charge < -0.3 is 4.42 Å². The molecule has 2 rings (SSSR count). The van der Waals surface area contributed by atoms with Crippen molar-refractivity contribution in [2.45, 2.75) is 13.8 Å². The fraction of sp³-hybridized carbons (Fsp3) is 0.143. The summed E-state index contributed by atoms with van der Waals surface area (Å²) in [5.74, 6) is 1.53. The molecule has 1 heterocycles. The minimum atomic E-state index is -0.221. The maximum atomic E-state index is 12.7. The Balaban J connectivity index is 2.17. The fourth-order valence-corrected chi connectivity index (χ4v) is 1.44. The van der Waals surface area contributed by atoms with Crippen LogP contribution in [0.1, 0.15) is 22.6 Å². The molecule has 0 radical (unpaired) electrons. The molecule has 0 atom stereocenters. The first-order chi connectivity index (χ1) is 7.65. The van der Waals surface area contributed by atoms with E-state index >= 15 is 0 Å². The largest absolute Gasteiger partial charge is 0.462 e. The van der Waals surface area contributed by atoms with Gasteiger partial charge in [-0.25, -0.2) is 4.39 Å². The van der Waals surface area contributed by atoms with Crippen LogP contribution in [0.4, 0.5) is 4.39 Å². The van der Waals surface area contributed by atoms with Gasteiger partial charge in [0.25, 0.3) is 0 Å². The Kier molecular flexibility index (Phi) is 2.91. The highest BCUT2D eigenvalue weighted by Crippen LogP contribution is 2.16. The molecule has 0 spiro atoms.